The van der Waals surface area contributed by atoms with Gasteiger partial charge in [-0.15, -0.1) is 0 Å². The standard InChI is InChI=1S/C14H21F2NO3/c1-12(2,3)20-11(19)17(4-5-18)10-6-13(7-10)8-14(15,16)9-13/h5,10H,4,6-9H2,1-3H3. The zero-order valence-corrected chi connectivity index (χ0v) is 12.1. The van der Waals surface area contributed by atoms with Crippen LogP contribution >= 0.6 is 0 Å². The van der Waals surface area contributed by atoms with Crippen molar-refractivity contribution < 1.29 is 23.1 Å². The van der Waals surface area contributed by atoms with E-state index in [0.717, 1.165) is 0 Å². The topological polar surface area (TPSA) is 46.6 Å². The lowest BCUT2D eigenvalue weighted by molar-refractivity contribution is -0.207. The fourth-order valence-electron chi connectivity index (χ4n) is 3.27. The minimum absolute atomic E-state index is 0.0496. The van der Waals surface area contributed by atoms with Gasteiger partial charge in [-0.25, -0.2) is 13.6 Å². The van der Waals surface area contributed by atoms with Crippen LogP contribution in [0.5, 0.6) is 0 Å². The van der Waals surface area contributed by atoms with Crippen molar-refractivity contribution in [2.24, 2.45) is 5.41 Å². The lowest BCUT2D eigenvalue weighted by Gasteiger charge is -2.59. The van der Waals surface area contributed by atoms with Crippen LogP contribution in [-0.4, -0.2) is 41.4 Å². The van der Waals surface area contributed by atoms with E-state index >= 15 is 0 Å². The van der Waals surface area contributed by atoms with Crippen molar-refractivity contribution >= 4 is 12.4 Å². The molecule has 1 spiro atoms. The average Bonchev–Trinajstić information content (AvgIpc) is 2.16. The zero-order valence-electron chi connectivity index (χ0n) is 12.1. The fourth-order valence-corrected chi connectivity index (χ4v) is 3.27. The smallest absolute Gasteiger partial charge is 0.410 e. The monoisotopic (exact) mass is 289 g/mol. The number of aldehydes is 1. The molecule has 0 N–H and O–H groups in total. The molecular formula is C14H21F2NO3. The van der Waals surface area contributed by atoms with Crippen molar-refractivity contribution in [2.75, 3.05) is 6.54 Å². The van der Waals surface area contributed by atoms with Gasteiger partial charge in [-0.05, 0) is 39.0 Å². The Hall–Kier alpha value is -1.20. The number of rotatable bonds is 3. The van der Waals surface area contributed by atoms with Crippen molar-refractivity contribution in [1.29, 1.82) is 0 Å². The van der Waals surface area contributed by atoms with Gasteiger partial charge in [0.2, 0.25) is 5.92 Å². The van der Waals surface area contributed by atoms with E-state index in [1.807, 2.05) is 0 Å². The van der Waals surface area contributed by atoms with E-state index in [2.05, 4.69) is 0 Å². The highest BCUT2D eigenvalue weighted by molar-refractivity contribution is 5.72. The summed E-state index contributed by atoms with van der Waals surface area (Å²) in [5, 5.41) is 0. The first-order chi connectivity index (χ1) is 9.06. The number of hydrogen-bond acceptors (Lipinski definition) is 3. The van der Waals surface area contributed by atoms with Crippen LogP contribution in [-0.2, 0) is 9.53 Å². The Morgan fingerprint density at radius 1 is 1.35 bits per heavy atom. The van der Waals surface area contributed by atoms with Crippen molar-refractivity contribution in [2.45, 2.75) is 64.0 Å². The molecule has 2 fully saturated rings. The second kappa shape index (κ2) is 4.67. The number of ether oxygens (including phenoxy) is 1. The van der Waals surface area contributed by atoms with Crippen LogP contribution in [0.4, 0.5) is 13.6 Å². The number of carbonyl (C=O) groups is 2. The fraction of sp³-hybridized carbons (Fsp3) is 0.857. The molecule has 0 atom stereocenters. The number of carbonyl (C=O) groups excluding carboxylic acids is 2. The molecule has 1 amide bonds. The number of hydrogen-bond donors (Lipinski definition) is 0. The van der Waals surface area contributed by atoms with Gasteiger partial charge < -0.3 is 9.53 Å². The molecule has 6 heteroatoms. The second-order valence-corrected chi connectivity index (χ2v) is 7.07. The first kappa shape index (κ1) is 15.2. The number of halogens is 2. The Morgan fingerprint density at radius 2 is 1.90 bits per heavy atom. The highest BCUT2D eigenvalue weighted by Crippen LogP contribution is 2.63. The summed E-state index contributed by atoms with van der Waals surface area (Å²) < 4.78 is 31.2. The highest BCUT2D eigenvalue weighted by atomic mass is 19.3. The Labute approximate surface area is 117 Å². The summed E-state index contributed by atoms with van der Waals surface area (Å²) in [5.41, 5.74) is -0.958. The SMILES string of the molecule is CC(C)(C)OC(=O)N(CC=O)C1CC2(C1)CC(F)(F)C2. The molecule has 2 aliphatic rings. The lowest BCUT2D eigenvalue weighted by atomic mass is 9.52. The molecule has 2 rings (SSSR count). The molecule has 0 bridgehead atoms. The van der Waals surface area contributed by atoms with Crippen LogP contribution in [0.2, 0.25) is 0 Å². The maximum absolute atomic E-state index is 13.0. The summed E-state index contributed by atoms with van der Waals surface area (Å²) in [7, 11) is 0. The van der Waals surface area contributed by atoms with E-state index in [9.17, 15) is 18.4 Å². The van der Waals surface area contributed by atoms with Crippen molar-refractivity contribution in [3.05, 3.63) is 0 Å². The highest BCUT2D eigenvalue weighted by Gasteiger charge is 2.63. The third-order valence-corrected chi connectivity index (χ3v) is 3.94. The van der Waals surface area contributed by atoms with Crippen LogP contribution in [0.15, 0.2) is 0 Å². The molecule has 0 aliphatic heterocycles. The van der Waals surface area contributed by atoms with Crippen molar-refractivity contribution in [1.82, 2.24) is 4.90 Å². The van der Waals surface area contributed by atoms with E-state index in [-0.39, 0.29) is 30.8 Å². The normalized spacial score (nSPS) is 23.6. The molecule has 0 saturated heterocycles. The number of nitrogens with zero attached hydrogens (tertiary/aromatic N) is 1. The maximum Gasteiger partial charge on any atom is 0.410 e. The van der Waals surface area contributed by atoms with Gasteiger partial charge in [-0.1, -0.05) is 0 Å². The van der Waals surface area contributed by atoms with E-state index in [1.165, 1.54) is 4.90 Å². The molecule has 0 unspecified atom stereocenters. The predicted octanol–water partition coefficient (Wildman–Crippen LogP) is 3.00. The molecule has 2 aliphatic carbocycles. The summed E-state index contributed by atoms with van der Waals surface area (Å²) in [6.07, 6.45) is 0.977. The van der Waals surface area contributed by atoms with Crippen LogP contribution in [0.1, 0.15) is 46.5 Å². The zero-order chi connectivity index (χ0) is 15.2. The van der Waals surface area contributed by atoms with Gasteiger partial charge in [0, 0.05) is 18.9 Å². The average molecular weight is 289 g/mol. The summed E-state index contributed by atoms with van der Waals surface area (Å²) >= 11 is 0. The molecule has 0 radical (unpaired) electrons. The minimum atomic E-state index is -2.55. The van der Waals surface area contributed by atoms with Crippen molar-refractivity contribution in [3.63, 3.8) is 0 Å². The van der Waals surface area contributed by atoms with E-state index in [4.69, 9.17) is 4.74 Å². The van der Waals surface area contributed by atoms with Crippen molar-refractivity contribution in [3.8, 4) is 0 Å². The summed E-state index contributed by atoms with van der Waals surface area (Å²) in [6.45, 7) is 5.20. The van der Waals surface area contributed by atoms with E-state index in [1.54, 1.807) is 20.8 Å². The third-order valence-electron chi connectivity index (χ3n) is 3.94. The Kier molecular flexibility index (Phi) is 3.55. The Bertz CT molecular complexity index is 401. The van der Waals surface area contributed by atoms with E-state index in [0.29, 0.717) is 19.1 Å². The molecular weight excluding hydrogens is 268 g/mol. The first-order valence-corrected chi connectivity index (χ1v) is 6.87. The van der Waals surface area contributed by atoms with Gasteiger partial charge in [0.05, 0.1) is 6.54 Å². The van der Waals surface area contributed by atoms with Gasteiger partial charge in [0.25, 0.3) is 0 Å². The molecule has 2 saturated carbocycles. The quantitative estimate of drug-likeness (QED) is 0.750. The van der Waals surface area contributed by atoms with Gasteiger partial charge in [-0.2, -0.15) is 0 Å². The summed E-state index contributed by atoms with van der Waals surface area (Å²) in [6, 6.07) is -0.161. The van der Waals surface area contributed by atoms with Gasteiger partial charge in [0.15, 0.2) is 0 Å². The van der Waals surface area contributed by atoms with Crippen LogP contribution in [0, 0.1) is 5.41 Å². The third kappa shape index (κ3) is 3.10. The number of alkyl halides is 2. The summed E-state index contributed by atoms with van der Waals surface area (Å²) in [5.74, 6) is -2.55. The predicted molar refractivity (Wildman–Crippen MR) is 68.6 cm³/mol. The summed E-state index contributed by atoms with van der Waals surface area (Å²) in [4.78, 5) is 24.1. The molecule has 0 aromatic heterocycles. The van der Waals surface area contributed by atoms with Crippen LogP contribution in [0.25, 0.3) is 0 Å². The molecule has 114 valence electrons. The van der Waals surface area contributed by atoms with Gasteiger partial charge in [-0.3, -0.25) is 4.90 Å². The van der Waals surface area contributed by atoms with Gasteiger partial charge in [0.1, 0.15) is 11.9 Å². The molecule has 20 heavy (non-hydrogen) atoms. The molecule has 4 nitrogen and oxygen atoms in total. The Balaban J connectivity index is 1.91. The second-order valence-electron chi connectivity index (χ2n) is 7.07. The molecule has 0 aromatic carbocycles. The molecule has 0 aromatic rings. The number of amides is 1. The Morgan fingerprint density at radius 3 is 2.30 bits per heavy atom. The first-order valence-electron chi connectivity index (χ1n) is 6.87. The minimum Gasteiger partial charge on any atom is -0.444 e. The van der Waals surface area contributed by atoms with Crippen LogP contribution < -0.4 is 0 Å². The van der Waals surface area contributed by atoms with Crippen LogP contribution in [0.3, 0.4) is 0 Å². The van der Waals surface area contributed by atoms with Gasteiger partial charge >= 0.3 is 6.09 Å². The largest absolute Gasteiger partial charge is 0.444 e. The molecule has 0 heterocycles. The van der Waals surface area contributed by atoms with E-state index < -0.39 is 17.6 Å². The lowest BCUT2D eigenvalue weighted by Crippen LogP contribution is -2.61. The maximum atomic E-state index is 13.0.